The van der Waals surface area contributed by atoms with Gasteiger partial charge in [0.25, 0.3) is 0 Å². The van der Waals surface area contributed by atoms with Crippen LogP contribution in [0.1, 0.15) is 115 Å². The molecule has 5 rings (SSSR count). The Morgan fingerprint density at radius 1 is 0.860 bits per heavy atom. The predicted octanol–water partition coefficient (Wildman–Crippen LogP) is 5.58. The highest BCUT2D eigenvalue weighted by Crippen LogP contribution is 2.56. The van der Waals surface area contributed by atoms with Crippen LogP contribution in [0.25, 0.3) is 0 Å². The van der Waals surface area contributed by atoms with Crippen molar-refractivity contribution in [3.63, 3.8) is 0 Å². The molecule has 0 aromatic heterocycles. The molecule has 0 spiro atoms. The Kier molecular flexibility index (Phi) is 8.86. The van der Waals surface area contributed by atoms with Crippen molar-refractivity contribution in [2.24, 2.45) is 5.41 Å². The van der Waals surface area contributed by atoms with Crippen LogP contribution in [0.2, 0.25) is 10.1 Å². The summed E-state index contributed by atoms with van der Waals surface area (Å²) in [5.74, 6) is -0.202. The third kappa shape index (κ3) is 6.13. The molecule has 248 valence electrons. The fourth-order valence-corrected chi connectivity index (χ4v) is 13.3. The van der Waals surface area contributed by atoms with Crippen molar-refractivity contribution in [1.82, 2.24) is 0 Å². The van der Waals surface area contributed by atoms with Gasteiger partial charge < -0.3 is 37.6 Å². The molecule has 5 aliphatic heterocycles. The molecule has 0 amide bonds. The van der Waals surface area contributed by atoms with Gasteiger partial charge in [-0.1, -0.05) is 41.5 Å². The van der Waals surface area contributed by atoms with E-state index >= 15 is 0 Å². The molecule has 1 N–H and O–H groups in total. The lowest BCUT2D eigenvalue weighted by Gasteiger charge is -2.62. The van der Waals surface area contributed by atoms with E-state index in [-0.39, 0.29) is 58.8 Å². The van der Waals surface area contributed by atoms with E-state index in [0.29, 0.717) is 45.3 Å². The van der Waals surface area contributed by atoms with Crippen molar-refractivity contribution in [3.8, 4) is 0 Å². The van der Waals surface area contributed by atoms with Gasteiger partial charge in [-0.3, -0.25) is 4.79 Å². The summed E-state index contributed by atoms with van der Waals surface area (Å²) >= 11 is 0. The van der Waals surface area contributed by atoms with Gasteiger partial charge in [0.15, 0.2) is 0 Å². The smallest absolute Gasteiger partial charge is 0.349 e. The minimum Gasteiger partial charge on any atom is -0.465 e. The number of aliphatic hydroxyl groups excluding tert-OH is 1. The largest absolute Gasteiger partial charge is 0.465 e. The zero-order chi connectivity index (χ0) is 31.8. The first kappa shape index (κ1) is 33.8. The highest BCUT2D eigenvalue weighted by Gasteiger charge is 2.66. The first-order chi connectivity index (χ1) is 19.7. The van der Waals surface area contributed by atoms with Crippen molar-refractivity contribution in [3.05, 3.63) is 0 Å². The van der Waals surface area contributed by atoms with Crippen LogP contribution in [0.15, 0.2) is 0 Å². The van der Waals surface area contributed by atoms with E-state index in [2.05, 4.69) is 48.5 Å². The molecule has 0 unspecified atom stereocenters. The monoisotopic (exact) mass is 626 g/mol. The van der Waals surface area contributed by atoms with Gasteiger partial charge in [0.2, 0.25) is 0 Å². The summed E-state index contributed by atoms with van der Waals surface area (Å²) in [5, 5.41) is 11.2. The summed E-state index contributed by atoms with van der Waals surface area (Å²) in [4.78, 5) is 12.1. The molecular formula is C33H58O9Si. The Bertz CT molecular complexity index is 1020. The summed E-state index contributed by atoms with van der Waals surface area (Å²) in [5.41, 5.74) is -1.96. The maximum Gasteiger partial charge on any atom is 0.349 e. The van der Waals surface area contributed by atoms with Crippen LogP contribution >= 0.6 is 0 Å². The number of carbonyl (C=O) groups is 1. The predicted molar refractivity (Wildman–Crippen MR) is 164 cm³/mol. The molecule has 10 heteroatoms. The van der Waals surface area contributed by atoms with Crippen LogP contribution in [-0.2, 0) is 37.3 Å². The zero-order valence-electron chi connectivity index (χ0n) is 28.5. The second-order valence-electron chi connectivity index (χ2n) is 17.3. The van der Waals surface area contributed by atoms with E-state index in [0.717, 1.165) is 6.42 Å². The molecule has 0 saturated carbocycles. The Hall–Kier alpha value is -0.593. The lowest BCUT2D eigenvalue weighted by molar-refractivity contribution is -0.367. The molecule has 0 radical (unpaired) electrons. The summed E-state index contributed by atoms with van der Waals surface area (Å²) in [6, 6.07) is 0. The van der Waals surface area contributed by atoms with E-state index in [4.69, 9.17) is 32.5 Å². The lowest BCUT2D eigenvalue weighted by Crippen LogP contribution is -2.73. The van der Waals surface area contributed by atoms with E-state index in [9.17, 15) is 9.90 Å². The Morgan fingerprint density at radius 2 is 1.53 bits per heavy atom. The maximum absolute atomic E-state index is 12.1. The molecule has 0 bridgehead atoms. The van der Waals surface area contributed by atoms with E-state index < -0.39 is 31.3 Å². The number of esters is 1. The molecule has 10 atom stereocenters. The number of aliphatic hydroxyl groups is 1. The maximum atomic E-state index is 12.1. The van der Waals surface area contributed by atoms with Crippen LogP contribution in [0.5, 0.6) is 0 Å². The van der Waals surface area contributed by atoms with Gasteiger partial charge in [-0.15, -0.1) is 0 Å². The molecular weight excluding hydrogens is 568 g/mol. The van der Waals surface area contributed by atoms with Gasteiger partial charge in [0.05, 0.1) is 67.0 Å². The molecule has 0 aromatic rings. The van der Waals surface area contributed by atoms with Gasteiger partial charge in [-0.25, -0.2) is 0 Å². The second-order valence-corrected chi connectivity index (χ2v) is 22.0. The quantitative estimate of drug-likeness (QED) is 0.243. The Balaban J connectivity index is 1.24. The lowest BCUT2D eigenvalue weighted by atomic mass is 9.72. The molecule has 43 heavy (non-hydrogen) atoms. The van der Waals surface area contributed by atoms with Crippen molar-refractivity contribution in [2.75, 3.05) is 13.2 Å². The van der Waals surface area contributed by atoms with Crippen molar-refractivity contribution >= 4 is 14.5 Å². The summed E-state index contributed by atoms with van der Waals surface area (Å²) < 4.78 is 46.1. The number of hydrogen-bond donors (Lipinski definition) is 1. The molecule has 5 heterocycles. The third-order valence-corrected chi connectivity index (χ3v) is 15.7. The average Bonchev–Trinajstić information content (AvgIpc) is 2.86. The fourth-order valence-electron chi connectivity index (χ4n) is 8.30. The highest BCUT2D eigenvalue weighted by molar-refractivity contribution is 6.73. The van der Waals surface area contributed by atoms with E-state index in [1.807, 2.05) is 27.7 Å². The van der Waals surface area contributed by atoms with Crippen LogP contribution < -0.4 is 0 Å². The Labute approximate surface area is 260 Å². The zero-order valence-corrected chi connectivity index (χ0v) is 29.5. The number of carbonyl (C=O) groups excluding carboxylic acids is 1. The number of ether oxygens (including phenoxy) is 5. The highest BCUT2D eigenvalue weighted by atomic mass is 28.4. The topological polar surface area (TPSA) is 102 Å². The van der Waals surface area contributed by atoms with Crippen molar-refractivity contribution in [1.29, 1.82) is 0 Å². The number of fused-ring (bicyclic) bond motifs is 4. The third-order valence-electron chi connectivity index (χ3n) is 10.6. The normalized spacial score (nSPS) is 43.1. The molecule has 5 saturated heterocycles. The van der Waals surface area contributed by atoms with Crippen molar-refractivity contribution < 1.29 is 42.4 Å². The Morgan fingerprint density at radius 3 is 2.16 bits per heavy atom. The molecule has 5 aliphatic rings. The minimum absolute atomic E-state index is 0.0660. The van der Waals surface area contributed by atoms with Crippen LogP contribution in [0.3, 0.4) is 0 Å². The molecule has 9 nitrogen and oxygen atoms in total. The van der Waals surface area contributed by atoms with Gasteiger partial charge in [-0.2, -0.15) is 0 Å². The fraction of sp³-hybridized carbons (Fsp3) is 0.970. The summed E-state index contributed by atoms with van der Waals surface area (Å²) in [6.45, 7) is 23.9. The number of hydrogen-bond acceptors (Lipinski definition) is 9. The first-order valence-corrected chi connectivity index (χ1v) is 18.3. The van der Waals surface area contributed by atoms with Gasteiger partial charge in [0, 0.05) is 35.8 Å². The minimum atomic E-state index is -2.61. The van der Waals surface area contributed by atoms with E-state index in [1.165, 1.54) is 0 Å². The molecule has 0 aliphatic carbocycles. The SMILES string of the molecule is CC(C)(C)C(=O)OCCC[C@H]1C[C@H](O)[C@]2(C)O[C@]3(C)C[C@@H]4O[C@@H]5CO[Si](C(C)(C)C)(C(C)(C)C)O[C@H]5C[C@H]4O[C@H]3C[C@H]2O1. The summed E-state index contributed by atoms with van der Waals surface area (Å²) in [6.07, 6.45) is 2.26. The average molecular weight is 627 g/mol. The van der Waals surface area contributed by atoms with Crippen LogP contribution in [0.4, 0.5) is 0 Å². The van der Waals surface area contributed by atoms with Crippen LogP contribution in [0, 0.1) is 5.41 Å². The van der Waals surface area contributed by atoms with E-state index in [1.54, 1.807) is 0 Å². The standard InChI is InChI=1S/C33H58O9Si/c1-29(2,3)28(35)36-14-12-13-20-15-25(34)33(11)27(38-20)17-26-32(10,42-33)18-23-21(40-26)16-22-24(39-23)19-37-43(41-22,30(4,5)6)31(7,8)9/h20-27,34H,12-19H2,1-11H3/t20-,21+,22-,23-,24+,25-,26-,27+,32+,33-/m0/s1. The van der Waals surface area contributed by atoms with Gasteiger partial charge in [-0.05, 0) is 47.5 Å². The molecule has 5 fully saturated rings. The summed E-state index contributed by atoms with van der Waals surface area (Å²) in [7, 11) is -2.61. The number of rotatable bonds is 4. The van der Waals surface area contributed by atoms with Gasteiger partial charge >= 0.3 is 14.5 Å². The van der Waals surface area contributed by atoms with Crippen molar-refractivity contribution in [2.45, 2.75) is 185 Å². The first-order valence-electron chi connectivity index (χ1n) is 16.5. The molecule has 0 aromatic carbocycles. The van der Waals surface area contributed by atoms with Gasteiger partial charge in [0.1, 0.15) is 11.7 Å². The second kappa shape index (κ2) is 11.3. The van der Waals surface area contributed by atoms with Crippen LogP contribution in [-0.4, -0.2) is 92.9 Å².